The van der Waals surface area contributed by atoms with Gasteiger partial charge in [-0.2, -0.15) is 0 Å². The van der Waals surface area contributed by atoms with Crippen LogP contribution in [0.15, 0.2) is 0 Å². The molecule has 1 aliphatic carbocycles. The van der Waals surface area contributed by atoms with Gasteiger partial charge in [0.05, 0.1) is 18.8 Å². The Morgan fingerprint density at radius 3 is 2.25 bits per heavy atom. The van der Waals surface area contributed by atoms with E-state index in [0.717, 1.165) is 32.3 Å². The van der Waals surface area contributed by atoms with Crippen LogP contribution in [0.5, 0.6) is 0 Å². The Morgan fingerprint density at radius 1 is 1.44 bits per heavy atom. The average Bonchev–Trinajstić information content (AvgIpc) is 2.78. The number of hydrogen-bond donors (Lipinski definition) is 2. The van der Waals surface area contributed by atoms with Crippen LogP contribution >= 0.6 is 0 Å². The van der Waals surface area contributed by atoms with E-state index in [0.29, 0.717) is 6.61 Å². The van der Waals surface area contributed by atoms with Gasteiger partial charge in [-0.15, -0.1) is 0 Å². The molecular weight excluding hydrogens is 206 g/mol. The van der Waals surface area contributed by atoms with E-state index >= 15 is 0 Å². The molecule has 0 amide bonds. The highest BCUT2D eigenvalue weighted by atomic mass is 16.5. The zero-order chi connectivity index (χ0) is 12.7. The van der Waals surface area contributed by atoms with Crippen LogP contribution in [0, 0.1) is 5.41 Å². The molecule has 0 spiro atoms. The Hall–Kier alpha value is -0.450. The number of nitrogens with one attached hydrogen (secondary N) is 1. The fraction of sp³-hybridized carbons (Fsp3) is 0.917. The molecule has 2 bridgehead atoms. The van der Waals surface area contributed by atoms with Crippen molar-refractivity contribution < 1.29 is 14.6 Å². The van der Waals surface area contributed by atoms with Crippen LogP contribution < -0.4 is 5.32 Å². The average molecular weight is 231 g/mol. The molecule has 3 fully saturated rings. The molecule has 2 heterocycles. The van der Waals surface area contributed by atoms with Gasteiger partial charge >= 0.3 is 0 Å². The molecule has 3 rings (SSSR count). The molecule has 0 aromatic carbocycles. The van der Waals surface area contributed by atoms with E-state index in [1.54, 1.807) is 0 Å². The van der Waals surface area contributed by atoms with Gasteiger partial charge in [0.15, 0.2) is 0 Å². The van der Waals surface area contributed by atoms with E-state index in [2.05, 4.69) is 5.32 Å². The maximum atomic E-state index is 9.05. The van der Waals surface area contributed by atoms with Crippen molar-refractivity contribution in [3.63, 3.8) is 0 Å². The van der Waals surface area contributed by atoms with Gasteiger partial charge in [0.25, 0.3) is 0 Å². The van der Waals surface area contributed by atoms with Gasteiger partial charge in [0, 0.05) is 12.0 Å². The summed E-state index contributed by atoms with van der Waals surface area (Å²) < 4.78 is 5.63. The van der Waals surface area contributed by atoms with Gasteiger partial charge < -0.3 is 20.0 Å². The smallest absolute Gasteiger partial charge is 0.116 e. The number of aliphatic hydroxyl groups excluding tert-OH is 1. The van der Waals surface area contributed by atoms with Crippen LogP contribution in [0.4, 0.5) is 0 Å². The lowest BCUT2D eigenvalue weighted by atomic mass is 9.63. The summed E-state index contributed by atoms with van der Waals surface area (Å²) in [5.74, 6) is 0. The molecule has 1 saturated carbocycles. The third kappa shape index (κ3) is 3.27. The van der Waals surface area contributed by atoms with Crippen molar-refractivity contribution in [2.45, 2.75) is 39.2 Å². The first-order valence-corrected chi connectivity index (χ1v) is 5.95. The molecule has 16 heavy (non-hydrogen) atoms. The van der Waals surface area contributed by atoms with Gasteiger partial charge in [0.1, 0.15) is 6.29 Å². The summed E-state index contributed by atoms with van der Waals surface area (Å²) in [6.07, 6.45) is 2.83. The monoisotopic (exact) mass is 231 g/mol. The second-order valence-electron chi connectivity index (χ2n) is 4.25. The van der Waals surface area contributed by atoms with Crippen molar-refractivity contribution in [3.05, 3.63) is 0 Å². The Bertz CT molecular complexity index is 200. The number of aliphatic hydroxyl groups is 1. The zero-order valence-electron chi connectivity index (χ0n) is 10.9. The minimum absolute atomic E-state index is 0.0808. The molecule has 3 aliphatic rings. The SMILES string of the molecule is CC.CC=O.CNCC12CC(CO)(CO1)C2. The first-order valence-electron chi connectivity index (χ1n) is 5.95. The van der Waals surface area contributed by atoms with Gasteiger partial charge in [-0.25, -0.2) is 0 Å². The number of likely N-dealkylation sites (N-methyl/N-ethyl adjacent to an activating group) is 1. The normalized spacial score (nSPS) is 33.8. The van der Waals surface area contributed by atoms with Crippen LogP contribution in [0.2, 0.25) is 0 Å². The second-order valence-corrected chi connectivity index (χ2v) is 4.25. The molecule has 0 radical (unpaired) electrons. The summed E-state index contributed by atoms with van der Waals surface area (Å²) in [7, 11) is 1.94. The fourth-order valence-corrected chi connectivity index (χ4v) is 2.48. The topological polar surface area (TPSA) is 58.6 Å². The van der Waals surface area contributed by atoms with Gasteiger partial charge in [-0.05, 0) is 26.8 Å². The van der Waals surface area contributed by atoms with Crippen molar-refractivity contribution in [2.75, 3.05) is 26.8 Å². The van der Waals surface area contributed by atoms with Crippen molar-refractivity contribution >= 4 is 6.29 Å². The molecule has 2 saturated heterocycles. The van der Waals surface area contributed by atoms with Gasteiger partial charge in [0.2, 0.25) is 0 Å². The molecule has 0 atom stereocenters. The van der Waals surface area contributed by atoms with E-state index < -0.39 is 0 Å². The van der Waals surface area contributed by atoms with E-state index in [4.69, 9.17) is 14.6 Å². The lowest BCUT2D eigenvalue weighted by Crippen LogP contribution is -2.51. The number of hydrogen-bond acceptors (Lipinski definition) is 4. The zero-order valence-corrected chi connectivity index (χ0v) is 10.9. The quantitative estimate of drug-likeness (QED) is 0.711. The third-order valence-corrected chi connectivity index (χ3v) is 2.91. The summed E-state index contributed by atoms with van der Waals surface area (Å²) in [5.41, 5.74) is 0.217. The molecule has 0 aromatic rings. The van der Waals surface area contributed by atoms with E-state index in [1.165, 1.54) is 6.92 Å². The van der Waals surface area contributed by atoms with Crippen LogP contribution in [0.1, 0.15) is 33.6 Å². The highest BCUT2D eigenvalue weighted by Crippen LogP contribution is 2.57. The molecule has 2 N–H and O–H groups in total. The second kappa shape index (κ2) is 6.99. The lowest BCUT2D eigenvalue weighted by molar-refractivity contribution is -0.106. The van der Waals surface area contributed by atoms with Gasteiger partial charge in [-0.1, -0.05) is 13.8 Å². The number of rotatable bonds is 3. The number of carbonyl (C=O) groups is 1. The van der Waals surface area contributed by atoms with Crippen LogP contribution in [0.25, 0.3) is 0 Å². The van der Waals surface area contributed by atoms with Gasteiger partial charge in [-0.3, -0.25) is 0 Å². The lowest BCUT2D eigenvalue weighted by Gasteiger charge is -2.43. The predicted octanol–water partition coefficient (Wildman–Crippen LogP) is 0.979. The predicted molar refractivity (Wildman–Crippen MR) is 64.4 cm³/mol. The minimum atomic E-state index is 0.0808. The van der Waals surface area contributed by atoms with E-state index in [-0.39, 0.29) is 11.0 Å². The Morgan fingerprint density at radius 2 is 1.94 bits per heavy atom. The maximum absolute atomic E-state index is 9.05. The van der Waals surface area contributed by atoms with Crippen molar-refractivity contribution in [1.29, 1.82) is 0 Å². The number of ether oxygens (including phenoxy) is 1. The Balaban J connectivity index is 0.000000394. The number of aldehydes is 1. The highest BCUT2D eigenvalue weighted by Gasteiger charge is 2.61. The first kappa shape index (κ1) is 15.6. The number of fused-ring (bicyclic) bond motifs is 1. The van der Waals surface area contributed by atoms with E-state index in [9.17, 15) is 0 Å². The third-order valence-electron chi connectivity index (χ3n) is 2.91. The first-order chi connectivity index (χ1) is 7.66. The number of carbonyl (C=O) groups excluding carboxylic acids is 1. The van der Waals surface area contributed by atoms with Crippen molar-refractivity contribution in [3.8, 4) is 0 Å². The molecule has 0 unspecified atom stereocenters. The molecule has 4 heteroatoms. The molecule has 96 valence electrons. The molecule has 4 nitrogen and oxygen atoms in total. The largest absolute Gasteiger partial charge is 0.396 e. The Labute approximate surface area is 98.4 Å². The Kier molecular flexibility index (Phi) is 6.79. The van der Waals surface area contributed by atoms with Crippen molar-refractivity contribution in [2.24, 2.45) is 5.41 Å². The summed E-state index contributed by atoms with van der Waals surface area (Å²) in [5, 5.41) is 12.2. The van der Waals surface area contributed by atoms with Crippen LogP contribution in [0.3, 0.4) is 0 Å². The maximum Gasteiger partial charge on any atom is 0.116 e. The summed E-state index contributed by atoms with van der Waals surface area (Å²) in [4.78, 5) is 8.81. The van der Waals surface area contributed by atoms with Crippen LogP contribution in [-0.4, -0.2) is 43.8 Å². The molecule has 2 aliphatic heterocycles. The van der Waals surface area contributed by atoms with Crippen LogP contribution in [-0.2, 0) is 9.53 Å². The highest BCUT2D eigenvalue weighted by molar-refractivity contribution is 5.44. The molecule has 0 aromatic heterocycles. The van der Waals surface area contributed by atoms with E-state index in [1.807, 2.05) is 20.9 Å². The van der Waals surface area contributed by atoms with Crippen molar-refractivity contribution in [1.82, 2.24) is 5.32 Å². The minimum Gasteiger partial charge on any atom is -0.396 e. The summed E-state index contributed by atoms with van der Waals surface area (Å²) >= 11 is 0. The molecular formula is C12H25NO3. The summed E-state index contributed by atoms with van der Waals surface area (Å²) in [6.45, 7) is 7.42. The fourth-order valence-electron chi connectivity index (χ4n) is 2.48. The summed E-state index contributed by atoms with van der Waals surface area (Å²) in [6, 6.07) is 0. The standard InChI is InChI=1S/C8H15NO2.C2H4O.C2H6/c1-9-4-8-2-7(3-8,5-10)6-11-8;1-2-3;1-2/h9-10H,2-6H2,1H3;2H,1H3;1-2H3.